The minimum atomic E-state index is 0.272. The molecule has 130 valence electrons. The van der Waals surface area contributed by atoms with Crippen molar-refractivity contribution >= 4 is 17.3 Å². The van der Waals surface area contributed by atoms with Crippen LogP contribution in [-0.4, -0.2) is 27.9 Å². The number of rotatable bonds is 8. The van der Waals surface area contributed by atoms with Gasteiger partial charge >= 0.3 is 0 Å². The average Bonchev–Trinajstić information content (AvgIpc) is 2.95. The van der Waals surface area contributed by atoms with Crippen molar-refractivity contribution in [2.24, 2.45) is 0 Å². The summed E-state index contributed by atoms with van der Waals surface area (Å²) in [5.41, 5.74) is 1.18. The van der Waals surface area contributed by atoms with E-state index in [9.17, 15) is 0 Å². The van der Waals surface area contributed by atoms with Gasteiger partial charge in [-0.05, 0) is 51.5 Å². The lowest BCUT2D eigenvalue weighted by Gasteiger charge is -2.27. The second-order valence-electron chi connectivity index (χ2n) is 6.26. The maximum atomic E-state index is 6.00. The molecular weight excluding hydrogens is 320 g/mol. The standard InChI is InChI=1S/C19H27ClN4/c1-6-8-15(4)24-16(5)21-22-19(24)14(3)13-23(7-2)18-11-9-17(20)10-12-18/h6,9-12,14-15H,1,7-8,13H2,2-5H3/t14-,15?/m1/s1. The monoisotopic (exact) mass is 346 g/mol. The molecule has 0 amide bonds. The van der Waals surface area contributed by atoms with Crippen molar-refractivity contribution in [3.05, 3.63) is 53.6 Å². The molecule has 0 aliphatic heterocycles. The van der Waals surface area contributed by atoms with Crippen LogP contribution in [0.2, 0.25) is 5.02 Å². The maximum absolute atomic E-state index is 6.00. The second-order valence-corrected chi connectivity index (χ2v) is 6.70. The lowest BCUT2D eigenvalue weighted by Crippen LogP contribution is -2.29. The molecule has 1 unspecified atom stereocenters. The van der Waals surface area contributed by atoms with Gasteiger partial charge in [0, 0.05) is 35.8 Å². The molecule has 0 aliphatic rings. The van der Waals surface area contributed by atoms with Gasteiger partial charge in [-0.3, -0.25) is 0 Å². The molecule has 0 aliphatic carbocycles. The minimum absolute atomic E-state index is 0.272. The highest BCUT2D eigenvalue weighted by Crippen LogP contribution is 2.25. The largest absolute Gasteiger partial charge is 0.371 e. The van der Waals surface area contributed by atoms with Crippen LogP contribution in [0.4, 0.5) is 5.69 Å². The van der Waals surface area contributed by atoms with Crippen LogP contribution in [0.5, 0.6) is 0 Å². The van der Waals surface area contributed by atoms with Crippen molar-refractivity contribution in [2.45, 2.75) is 46.1 Å². The van der Waals surface area contributed by atoms with Crippen molar-refractivity contribution in [3.63, 3.8) is 0 Å². The molecule has 0 spiro atoms. The molecular formula is C19H27ClN4. The first kappa shape index (κ1) is 18.5. The van der Waals surface area contributed by atoms with Gasteiger partial charge < -0.3 is 9.47 Å². The number of benzene rings is 1. The summed E-state index contributed by atoms with van der Waals surface area (Å²) in [6.07, 6.45) is 2.86. The minimum Gasteiger partial charge on any atom is -0.371 e. The lowest BCUT2D eigenvalue weighted by molar-refractivity contribution is 0.495. The number of hydrogen-bond donors (Lipinski definition) is 0. The van der Waals surface area contributed by atoms with Crippen LogP contribution in [0.3, 0.4) is 0 Å². The zero-order valence-electron chi connectivity index (χ0n) is 15.0. The fraction of sp³-hybridized carbons (Fsp3) is 0.474. The Bertz CT molecular complexity index is 663. The van der Waals surface area contributed by atoms with Crippen LogP contribution in [0.15, 0.2) is 36.9 Å². The Kier molecular flexibility index (Phi) is 6.44. The Morgan fingerprint density at radius 2 is 1.92 bits per heavy atom. The highest BCUT2D eigenvalue weighted by molar-refractivity contribution is 6.30. The van der Waals surface area contributed by atoms with Crippen LogP contribution in [0.1, 0.15) is 50.8 Å². The van der Waals surface area contributed by atoms with Gasteiger partial charge in [0.2, 0.25) is 0 Å². The second kappa shape index (κ2) is 8.34. The molecule has 0 bridgehead atoms. The number of anilines is 1. The van der Waals surface area contributed by atoms with Crippen LogP contribution in [0, 0.1) is 6.92 Å². The van der Waals surface area contributed by atoms with Gasteiger partial charge in [-0.1, -0.05) is 24.6 Å². The van der Waals surface area contributed by atoms with E-state index in [2.05, 4.69) is 59.1 Å². The smallest absolute Gasteiger partial charge is 0.137 e. The first-order valence-electron chi connectivity index (χ1n) is 8.50. The molecule has 1 aromatic carbocycles. The summed E-state index contributed by atoms with van der Waals surface area (Å²) < 4.78 is 2.24. The van der Waals surface area contributed by atoms with Gasteiger partial charge in [0.15, 0.2) is 0 Å². The van der Waals surface area contributed by atoms with Crippen molar-refractivity contribution in [3.8, 4) is 0 Å². The summed E-state index contributed by atoms with van der Waals surface area (Å²) in [6.45, 7) is 14.2. The molecule has 2 atom stereocenters. The van der Waals surface area contributed by atoms with Gasteiger partial charge in [0.25, 0.3) is 0 Å². The predicted molar refractivity (Wildman–Crippen MR) is 102 cm³/mol. The quantitative estimate of drug-likeness (QED) is 0.630. The summed E-state index contributed by atoms with van der Waals surface area (Å²) in [4.78, 5) is 2.34. The lowest BCUT2D eigenvalue weighted by atomic mass is 10.1. The first-order chi connectivity index (χ1) is 11.5. The van der Waals surface area contributed by atoms with Gasteiger partial charge in [-0.15, -0.1) is 16.8 Å². The molecule has 0 saturated carbocycles. The Balaban J connectivity index is 2.20. The number of aromatic nitrogens is 3. The number of hydrogen-bond acceptors (Lipinski definition) is 3. The van der Waals surface area contributed by atoms with E-state index < -0.39 is 0 Å². The Morgan fingerprint density at radius 1 is 1.25 bits per heavy atom. The normalized spacial score (nSPS) is 13.5. The summed E-state index contributed by atoms with van der Waals surface area (Å²) in [5.74, 6) is 2.27. The summed E-state index contributed by atoms with van der Waals surface area (Å²) in [5, 5.41) is 9.51. The summed E-state index contributed by atoms with van der Waals surface area (Å²) >= 11 is 6.00. The van der Waals surface area contributed by atoms with Crippen molar-refractivity contribution < 1.29 is 0 Å². The number of allylic oxidation sites excluding steroid dienone is 1. The molecule has 4 nitrogen and oxygen atoms in total. The zero-order valence-corrected chi connectivity index (χ0v) is 15.8. The SMILES string of the molecule is C=CCC(C)n1c(C)nnc1[C@H](C)CN(CC)c1ccc(Cl)cc1. The molecule has 0 fully saturated rings. The van der Waals surface area contributed by atoms with Crippen LogP contribution >= 0.6 is 11.6 Å². The topological polar surface area (TPSA) is 34.0 Å². The molecule has 5 heteroatoms. The van der Waals surface area contributed by atoms with E-state index in [1.165, 1.54) is 5.69 Å². The molecule has 24 heavy (non-hydrogen) atoms. The molecule has 0 saturated heterocycles. The molecule has 2 aromatic rings. The highest BCUT2D eigenvalue weighted by Gasteiger charge is 2.21. The third kappa shape index (κ3) is 4.18. The van der Waals surface area contributed by atoms with Crippen molar-refractivity contribution in [1.82, 2.24) is 14.8 Å². The van der Waals surface area contributed by atoms with Crippen LogP contribution in [0.25, 0.3) is 0 Å². The Hall–Kier alpha value is -1.81. The Morgan fingerprint density at radius 3 is 2.50 bits per heavy atom. The zero-order chi connectivity index (χ0) is 17.7. The number of halogens is 1. The van der Waals surface area contributed by atoms with E-state index in [-0.39, 0.29) is 5.92 Å². The summed E-state index contributed by atoms with van der Waals surface area (Å²) in [7, 11) is 0. The third-order valence-electron chi connectivity index (χ3n) is 4.35. The third-order valence-corrected chi connectivity index (χ3v) is 4.60. The molecule has 1 heterocycles. The number of nitrogens with zero attached hydrogens (tertiary/aromatic N) is 4. The van der Waals surface area contributed by atoms with Gasteiger partial charge in [0.05, 0.1) is 0 Å². The fourth-order valence-corrected chi connectivity index (χ4v) is 3.22. The van der Waals surface area contributed by atoms with Crippen molar-refractivity contribution in [2.75, 3.05) is 18.0 Å². The number of aryl methyl sites for hydroxylation is 1. The van der Waals surface area contributed by atoms with E-state index in [1.54, 1.807) is 0 Å². The molecule has 2 rings (SSSR count). The van der Waals surface area contributed by atoms with E-state index in [0.717, 1.165) is 36.2 Å². The Labute approximate surface area is 150 Å². The van der Waals surface area contributed by atoms with E-state index in [1.807, 2.05) is 25.1 Å². The number of likely N-dealkylation sites (N-methyl/N-ethyl adjacent to an activating group) is 1. The van der Waals surface area contributed by atoms with Gasteiger partial charge in [-0.2, -0.15) is 0 Å². The van der Waals surface area contributed by atoms with E-state index in [4.69, 9.17) is 11.6 Å². The van der Waals surface area contributed by atoms with Gasteiger partial charge in [0.1, 0.15) is 11.6 Å². The van der Waals surface area contributed by atoms with Crippen molar-refractivity contribution in [1.29, 1.82) is 0 Å². The molecule has 0 radical (unpaired) electrons. The fourth-order valence-electron chi connectivity index (χ4n) is 3.09. The molecule has 1 aromatic heterocycles. The van der Waals surface area contributed by atoms with Crippen LogP contribution < -0.4 is 4.90 Å². The first-order valence-corrected chi connectivity index (χ1v) is 8.88. The average molecular weight is 347 g/mol. The van der Waals surface area contributed by atoms with Gasteiger partial charge in [-0.25, -0.2) is 0 Å². The summed E-state index contributed by atoms with van der Waals surface area (Å²) in [6, 6.07) is 8.32. The van der Waals surface area contributed by atoms with E-state index >= 15 is 0 Å². The van der Waals surface area contributed by atoms with Crippen LogP contribution in [-0.2, 0) is 0 Å². The maximum Gasteiger partial charge on any atom is 0.137 e. The highest BCUT2D eigenvalue weighted by atomic mass is 35.5. The molecule has 0 N–H and O–H groups in total. The predicted octanol–water partition coefficient (Wildman–Crippen LogP) is 5.01. The van der Waals surface area contributed by atoms with E-state index in [0.29, 0.717) is 6.04 Å².